The first-order chi connectivity index (χ1) is 14.6. The maximum Gasteiger partial charge on any atom is 0.261 e. The van der Waals surface area contributed by atoms with Gasteiger partial charge in [-0.15, -0.1) is 0 Å². The molecule has 0 fully saturated rings. The van der Waals surface area contributed by atoms with Crippen molar-refractivity contribution in [3.63, 3.8) is 0 Å². The second-order valence-electron chi connectivity index (χ2n) is 8.08. The summed E-state index contributed by atoms with van der Waals surface area (Å²) in [5.74, 6) is -0.0693. The average Bonchev–Trinajstić information content (AvgIpc) is 2.67. The largest absolute Gasteiger partial charge is 0.475 e. The van der Waals surface area contributed by atoms with Gasteiger partial charge >= 0.3 is 0 Å². The van der Waals surface area contributed by atoms with E-state index in [2.05, 4.69) is 5.32 Å². The molecule has 0 bridgehead atoms. The molecule has 0 aliphatic carbocycles. The number of nitrogens with one attached hydrogen (secondary N) is 1. The van der Waals surface area contributed by atoms with Crippen LogP contribution in [-0.2, 0) is 14.3 Å². The Hall–Kier alpha value is -2.54. The molecule has 2 aromatic carbocycles. The highest BCUT2D eigenvalue weighted by Gasteiger charge is 2.43. The summed E-state index contributed by atoms with van der Waals surface area (Å²) in [4.78, 5) is 30.1. The van der Waals surface area contributed by atoms with Crippen molar-refractivity contribution in [1.29, 1.82) is 0 Å². The summed E-state index contributed by atoms with van der Waals surface area (Å²) in [5, 5.41) is 3.60. The van der Waals surface area contributed by atoms with Crippen molar-refractivity contribution >= 4 is 46.3 Å². The Bertz CT molecular complexity index is 1000. The second kappa shape index (κ2) is 9.30. The van der Waals surface area contributed by atoms with Gasteiger partial charge in [0.2, 0.25) is 5.91 Å². The predicted molar refractivity (Wildman–Crippen MR) is 124 cm³/mol. The first-order valence-corrected chi connectivity index (χ1v) is 10.5. The van der Waals surface area contributed by atoms with Gasteiger partial charge in [-0.2, -0.15) is 0 Å². The Morgan fingerprint density at radius 3 is 2.32 bits per heavy atom. The number of ether oxygens (including phenoxy) is 1. The van der Waals surface area contributed by atoms with Gasteiger partial charge in [0.25, 0.3) is 5.91 Å². The van der Waals surface area contributed by atoms with Crippen molar-refractivity contribution in [1.82, 2.24) is 9.80 Å². The van der Waals surface area contributed by atoms with Crippen LogP contribution in [0.2, 0.25) is 10.0 Å². The molecule has 0 radical (unpaired) electrons. The highest BCUT2D eigenvalue weighted by atomic mass is 35.5. The van der Waals surface area contributed by atoms with Crippen LogP contribution in [0.3, 0.4) is 0 Å². The van der Waals surface area contributed by atoms with Crippen LogP contribution in [-0.4, -0.2) is 54.5 Å². The zero-order valence-corrected chi connectivity index (χ0v) is 19.4. The number of carbonyl (C=O) groups excluding carboxylic acids is 2. The molecule has 8 heteroatoms. The summed E-state index contributed by atoms with van der Waals surface area (Å²) >= 11 is 12.1. The second-order valence-corrected chi connectivity index (χ2v) is 8.95. The Morgan fingerprint density at radius 1 is 1.13 bits per heavy atom. The first kappa shape index (κ1) is 23.1. The molecule has 0 spiro atoms. The first-order valence-electron chi connectivity index (χ1n) is 9.75. The number of halogens is 2. The lowest BCUT2D eigenvalue weighted by Gasteiger charge is -2.40. The molecule has 2 aromatic rings. The summed E-state index contributed by atoms with van der Waals surface area (Å²) in [6.45, 7) is 3.79. The number of nitrogens with zero attached hydrogens (tertiary/aromatic N) is 2. The van der Waals surface area contributed by atoms with Crippen LogP contribution in [0, 0.1) is 0 Å². The number of hydrogen-bond acceptors (Lipinski definition) is 4. The van der Waals surface area contributed by atoms with Crippen LogP contribution in [0.5, 0.6) is 0 Å². The van der Waals surface area contributed by atoms with Gasteiger partial charge in [-0.1, -0.05) is 53.5 Å². The molecular formula is C23H25Cl2N3O3. The standard InChI is InChI=1S/C23H25Cl2N3O3/c1-23(2,22(30)26-18-11-16(24)10-17(25)12-18)28-14-31-19(13-27(3)4)20(21(28)29)15-8-6-5-7-9-15/h5-12H,13-14H2,1-4H3,(H,26,30). The van der Waals surface area contributed by atoms with E-state index in [1.807, 2.05) is 49.3 Å². The number of rotatable bonds is 6. The van der Waals surface area contributed by atoms with Crippen LogP contribution in [0.1, 0.15) is 19.4 Å². The lowest BCUT2D eigenvalue weighted by molar-refractivity contribution is -0.147. The van der Waals surface area contributed by atoms with E-state index in [0.717, 1.165) is 5.56 Å². The molecule has 164 valence electrons. The summed E-state index contributed by atoms with van der Waals surface area (Å²) in [6, 6.07) is 14.1. The van der Waals surface area contributed by atoms with E-state index in [4.69, 9.17) is 27.9 Å². The van der Waals surface area contributed by atoms with Gasteiger partial charge < -0.3 is 15.0 Å². The van der Waals surface area contributed by atoms with E-state index < -0.39 is 5.54 Å². The van der Waals surface area contributed by atoms with Gasteiger partial charge in [0.1, 0.15) is 11.3 Å². The van der Waals surface area contributed by atoms with Crippen molar-refractivity contribution in [2.24, 2.45) is 0 Å². The third-order valence-electron chi connectivity index (χ3n) is 4.98. The van der Waals surface area contributed by atoms with Crippen molar-refractivity contribution in [2.45, 2.75) is 19.4 Å². The fourth-order valence-electron chi connectivity index (χ4n) is 3.28. The van der Waals surface area contributed by atoms with Crippen LogP contribution < -0.4 is 5.32 Å². The molecule has 1 heterocycles. The fourth-order valence-corrected chi connectivity index (χ4v) is 3.80. The number of amides is 2. The minimum atomic E-state index is -1.20. The van der Waals surface area contributed by atoms with Gasteiger partial charge in [0.15, 0.2) is 6.73 Å². The molecule has 6 nitrogen and oxygen atoms in total. The number of carbonyl (C=O) groups is 2. The number of anilines is 1. The summed E-state index contributed by atoms with van der Waals surface area (Å²) in [6.07, 6.45) is 0. The van der Waals surface area contributed by atoms with E-state index in [1.54, 1.807) is 32.0 Å². The topological polar surface area (TPSA) is 61.9 Å². The number of benzene rings is 2. The lowest BCUT2D eigenvalue weighted by Crippen LogP contribution is -2.57. The van der Waals surface area contributed by atoms with Gasteiger partial charge in [-0.05, 0) is 51.7 Å². The van der Waals surface area contributed by atoms with Crippen LogP contribution in [0.25, 0.3) is 5.57 Å². The minimum Gasteiger partial charge on any atom is -0.475 e. The van der Waals surface area contributed by atoms with E-state index in [0.29, 0.717) is 33.6 Å². The van der Waals surface area contributed by atoms with E-state index >= 15 is 0 Å². The number of likely N-dealkylation sites (N-methyl/N-ethyl adjacent to an activating group) is 1. The molecule has 31 heavy (non-hydrogen) atoms. The molecule has 0 saturated carbocycles. The Morgan fingerprint density at radius 2 is 1.74 bits per heavy atom. The van der Waals surface area contributed by atoms with Crippen LogP contribution in [0.15, 0.2) is 54.3 Å². The molecule has 0 saturated heterocycles. The molecule has 0 aromatic heterocycles. The lowest BCUT2D eigenvalue weighted by atomic mass is 9.96. The van der Waals surface area contributed by atoms with Crippen molar-refractivity contribution in [2.75, 3.05) is 32.7 Å². The van der Waals surface area contributed by atoms with Gasteiger partial charge in [-0.3, -0.25) is 14.5 Å². The number of hydrogen-bond donors (Lipinski definition) is 1. The zero-order chi connectivity index (χ0) is 22.8. The molecular weight excluding hydrogens is 437 g/mol. The Labute approximate surface area is 192 Å². The quantitative estimate of drug-likeness (QED) is 0.687. The third kappa shape index (κ3) is 5.21. The van der Waals surface area contributed by atoms with E-state index in [1.165, 1.54) is 4.90 Å². The van der Waals surface area contributed by atoms with Gasteiger partial charge in [-0.25, -0.2) is 0 Å². The van der Waals surface area contributed by atoms with Crippen LogP contribution >= 0.6 is 23.2 Å². The Balaban J connectivity index is 1.92. The molecule has 3 rings (SSSR count). The van der Waals surface area contributed by atoms with Gasteiger partial charge in [0, 0.05) is 15.7 Å². The summed E-state index contributed by atoms with van der Waals surface area (Å²) < 4.78 is 5.98. The normalized spacial score (nSPS) is 14.7. The SMILES string of the molecule is CN(C)CC1=C(c2ccccc2)C(=O)N(C(C)(C)C(=O)Nc2cc(Cl)cc(Cl)c2)CO1. The molecule has 2 amide bonds. The summed E-state index contributed by atoms with van der Waals surface area (Å²) in [7, 11) is 3.81. The maximum absolute atomic E-state index is 13.6. The predicted octanol–water partition coefficient (Wildman–Crippen LogP) is 4.50. The van der Waals surface area contributed by atoms with E-state index in [9.17, 15) is 9.59 Å². The van der Waals surface area contributed by atoms with Crippen molar-refractivity contribution in [3.05, 3.63) is 69.9 Å². The highest BCUT2D eigenvalue weighted by molar-refractivity contribution is 6.35. The molecule has 1 aliphatic rings. The monoisotopic (exact) mass is 461 g/mol. The molecule has 0 unspecified atom stereocenters. The highest BCUT2D eigenvalue weighted by Crippen LogP contribution is 2.32. The molecule has 1 N–H and O–H groups in total. The summed E-state index contributed by atoms with van der Waals surface area (Å²) in [5.41, 5.74) is 0.447. The minimum absolute atomic E-state index is 0.0327. The molecule has 0 atom stereocenters. The third-order valence-corrected chi connectivity index (χ3v) is 5.42. The van der Waals surface area contributed by atoms with Crippen molar-refractivity contribution < 1.29 is 14.3 Å². The van der Waals surface area contributed by atoms with Crippen LogP contribution in [0.4, 0.5) is 5.69 Å². The fraction of sp³-hybridized carbons (Fsp3) is 0.304. The smallest absolute Gasteiger partial charge is 0.261 e. The van der Waals surface area contributed by atoms with Crippen molar-refractivity contribution in [3.8, 4) is 0 Å². The maximum atomic E-state index is 13.6. The zero-order valence-electron chi connectivity index (χ0n) is 17.9. The van der Waals surface area contributed by atoms with Gasteiger partial charge in [0.05, 0.1) is 12.1 Å². The Kier molecular flexibility index (Phi) is 6.94. The molecule has 1 aliphatic heterocycles. The average molecular weight is 462 g/mol. The van der Waals surface area contributed by atoms with E-state index in [-0.39, 0.29) is 18.5 Å².